The molecule has 0 radical (unpaired) electrons. The molecule has 0 saturated heterocycles. The molecule has 0 saturated carbocycles. The maximum absolute atomic E-state index is 10.8. The lowest BCUT2D eigenvalue weighted by Gasteiger charge is -2.08. The SMILES string of the molecule is CNNS(=O)(=O)NC(C)C. The van der Waals surface area contributed by atoms with Crippen LogP contribution in [-0.2, 0) is 10.2 Å². The van der Waals surface area contributed by atoms with Gasteiger partial charge >= 0.3 is 0 Å². The van der Waals surface area contributed by atoms with Crippen molar-refractivity contribution in [2.75, 3.05) is 7.05 Å². The van der Waals surface area contributed by atoms with E-state index in [0.717, 1.165) is 0 Å². The first-order chi connectivity index (χ1) is 4.48. The predicted molar refractivity (Wildman–Crippen MR) is 39.4 cm³/mol. The van der Waals surface area contributed by atoms with Crippen molar-refractivity contribution in [3.63, 3.8) is 0 Å². The zero-order valence-electron chi connectivity index (χ0n) is 6.30. The summed E-state index contributed by atoms with van der Waals surface area (Å²) in [4.78, 5) is 2.06. The van der Waals surface area contributed by atoms with Gasteiger partial charge in [-0.25, -0.2) is 5.43 Å². The minimum Gasteiger partial charge on any atom is -0.246 e. The average molecular weight is 167 g/mol. The highest BCUT2D eigenvalue weighted by Gasteiger charge is 2.07. The zero-order valence-corrected chi connectivity index (χ0v) is 7.12. The molecule has 0 unspecified atom stereocenters. The van der Waals surface area contributed by atoms with Gasteiger partial charge in [-0.3, -0.25) is 0 Å². The number of nitrogens with one attached hydrogen (secondary N) is 3. The molecule has 0 aliphatic rings. The Hall–Kier alpha value is -0.170. The molecular formula is C4H13N3O2S. The first kappa shape index (κ1) is 9.83. The van der Waals surface area contributed by atoms with Gasteiger partial charge in [-0.2, -0.15) is 13.1 Å². The Labute approximate surface area is 61.3 Å². The molecule has 5 nitrogen and oxygen atoms in total. The van der Waals surface area contributed by atoms with Crippen LogP contribution in [0.2, 0.25) is 0 Å². The lowest BCUT2D eigenvalue weighted by molar-refractivity contribution is 0.544. The van der Waals surface area contributed by atoms with E-state index in [2.05, 4.69) is 15.0 Å². The Kier molecular flexibility index (Phi) is 3.80. The van der Waals surface area contributed by atoms with Crippen LogP contribution in [0.15, 0.2) is 0 Å². The van der Waals surface area contributed by atoms with Crippen LogP contribution in [0.1, 0.15) is 13.8 Å². The molecule has 0 fully saturated rings. The third-order valence-corrected chi connectivity index (χ3v) is 1.88. The molecule has 62 valence electrons. The van der Waals surface area contributed by atoms with E-state index in [9.17, 15) is 8.42 Å². The molecule has 0 aromatic heterocycles. The molecule has 0 spiro atoms. The van der Waals surface area contributed by atoms with Crippen molar-refractivity contribution in [1.82, 2.24) is 15.0 Å². The second-order valence-corrected chi connectivity index (χ2v) is 3.57. The van der Waals surface area contributed by atoms with Crippen LogP contribution in [0.25, 0.3) is 0 Å². The van der Waals surface area contributed by atoms with Gasteiger partial charge in [0.05, 0.1) is 0 Å². The molecular weight excluding hydrogens is 154 g/mol. The van der Waals surface area contributed by atoms with E-state index in [1.54, 1.807) is 13.8 Å². The lowest BCUT2D eigenvalue weighted by atomic mass is 10.4. The molecule has 0 bridgehead atoms. The van der Waals surface area contributed by atoms with Gasteiger partial charge in [0.25, 0.3) is 10.2 Å². The van der Waals surface area contributed by atoms with Gasteiger partial charge in [-0.05, 0) is 20.9 Å². The summed E-state index contributed by atoms with van der Waals surface area (Å²) in [6, 6.07) is -0.0918. The highest BCUT2D eigenvalue weighted by Crippen LogP contribution is 1.79. The van der Waals surface area contributed by atoms with Gasteiger partial charge in [-0.15, -0.1) is 4.83 Å². The number of hydrazine groups is 1. The zero-order chi connectivity index (χ0) is 8.20. The van der Waals surface area contributed by atoms with E-state index >= 15 is 0 Å². The summed E-state index contributed by atoms with van der Waals surface area (Å²) in [7, 11) is -1.86. The van der Waals surface area contributed by atoms with Crippen molar-refractivity contribution >= 4 is 10.2 Å². The summed E-state index contributed by atoms with van der Waals surface area (Å²) in [6.45, 7) is 3.49. The van der Waals surface area contributed by atoms with E-state index in [1.807, 2.05) is 0 Å². The molecule has 0 atom stereocenters. The van der Waals surface area contributed by atoms with Gasteiger partial charge in [-0.1, -0.05) is 0 Å². The Bertz CT molecular complexity index is 175. The molecule has 0 rings (SSSR count). The maximum atomic E-state index is 10.8. The van der Waals surface area contributed by atoms with E-state index in [4.69, 9.17) is 0 Å². The Balaban J connectivity index is 3.89. The van der Waals surface area contributed by atoms with Crippen molar-refractivity contribution in [1.29, 1.82) is 0 Å². The van der Waals surface area contributed by atoms with Crippen LogP contribution >= 0.6 is 0 Å². The molecule has 0 aromatic rings. The highest BCUT2D eigenvalue weighted by molar-refractivity contribution is 7.87. The molecule has 6 heteroatoms. The predicted octanol–water partition coefficient (Wildman–Crippen LogP) is -1.05. The summed E-state index contributed by atoms with van der Waals surface area (Å²) >= 11 is 0. The Morgan fingerprint density at radius 3 is 2.10 bits per heavy atom. The summed E-state index contributed by atoms with van der Waals surface area (Å²) in [5.41, 5.74) is 2.31. The first-order valence-corrected chi connectivity index (χ1v) is 4.42. The van der Waals surface area contributed by atoms with Gasteiger partial charge < -0.3 is 0 Å². The van der Waals surface area contributed by atoms with Gasteiger partial charge in [0, 0.05) is 6.04 Å². The number of hydrogen-bond acceptors (Lipinski definition) is 3. The molecule has 0 amide bonds. The fourth-order valence-corrected chi connectivity index (χ4v) is 1.42. The van der Waals surface area contributed by atoms with Crippen molar-refractivity contribution < 1.29 is 8.42 Å². The van der Waals surface area contributed by atoms with Crippen molar-refractivity contribution in [3.8, 4) is 0 Å². The van der Waals surface area contributed by atoms with E-state index < -0.39 is 10.2 Å². The second kappa shape index (κ2) is 3.87. The second-order valence-electron chi connectivity index (χ2n) is 2.13. The van der Waals surface area contributed by atoms with Gasteiger partial charge in [0.2, 0.25) is 0 Å². The molecule has 0 aromatic carbocycles. The quantitative estimate of drug-likeness (QED) is 0.468. The Morgan fingerprint density at radius 1 is 1.30 bits per heavy atom. The molecule has 0 heterocycles. The largest absolute Gasteiger partial charge is 0.289 e. The van der Waals surface area contributed by atoms with Crippen LogP contribution in [0.4, 0.5) is 0 Å². The van der Waals surface area contributed by atoms with Crippen LogP contribution in [-0.4, -0.2) is 21.5 Å². The van der Waals surface area contributed by atoms with Crippen LogP contribution in [0, 0.1) is 0 Å². The van der Waals surface area contributed by atoms with Crippen LogP contribution in [0.5, 0.6) is 0 Å². The highest BCUT2D eigenvalue weighted by atomic mass is 32.2. The fourth-order valence-electron chi connectivity index (χ4n) is 0.474. The monoisotopic (exact) mass is 167 g/mol. The van der Waals surface area contributed by atoms with Crippen molar-refractivity contribution in [3.05, 3.63) is 0 Å². The summed E-state index contributed by atoms with van der Waals surface area (Å²) in [5.74, 6) is 0. The topological polar surface area (TPSA) is 70.2 Å². The third-order valence-electron chi connectivity index (χ3n) is 0.627. The molecule has 3 N–H and O–H groups in total. The van der Waals surface area contributed by atoms with Gasteiger partial charge in [0.1, 0.15) is 0 Å². The Morgan fingerprint density at radius 2 is 1.80 bits per heavy atom. The van der Waals surface area contributed by atoms with Crippen molar-refractivity contribution in [2.24, 2.45) is 0 Å². The molecule has 0 aliphatic carbocycles. The summed E-state index contributed by atoms with van der Waals surface area (Å²) in [5, 5.41) is 0. The minimum atomic E-state index is -3.34. The van der Waals surface area contributed by atoms with Crippen molar-refractivity contribution in [2.45, 2.75) is 19.9 Å². The molecule has 10 heavy (non-hydrogen) atoms. The number of hydrogen-bond donors (Lipinski definition) is 3. The van der Waals surface area contributed by atoms with E-state index in [-0.39, 0.29) is 6.04 Å². The third kappa shape index (κ3) is 4.68. The average Bonchev–Trinajstić information content (AvgIpc) is 1.59. The van der Waals surface area contributed by atoms with E-state index in [0.29, 0.717) is 0 Å². The summed E-state index contributed by atoms with van der Waals surface area (Å²) in [6.07, 6.45) is 0. The minimum absolute atomic E-state index is 0.0918. The number of rotatable bonds is 4. The standard InChI is InChI=1S/C4H13N3O2S/c1-4(2)6-10(8,9)7-5-3/h4-7H,1-3H3. The fraction of sp³-hybridized carbons (Fsp3) is 1.00. The first-order valence-electron chi connectivity index (χ1n) is 2.93. The van der Waals surface area contributed by atoms with Gasteiger partial charge in [0.15, 0.2) is 0 Å². The lowest BCUT2D eigenvalue weighted by Crippen LogP contribution is -2.45. The summed E-state index contributed by atoms with van der Waals surface area (Å²) < 4.78 is 23.8. The van der Waals surface area contributed by atoms with Crippen LogP contribution < -0.4 is 15.0 Å². The molecule has 0 aliphatic heterocycles. The normalized spacial score (nSPS) is 12.4. The van der Waals surface area contributed by atoms with E-state index in [1.165, 1.54) is 7.05 Å². The smallest absolute Gasteiger partial charge is 0.246 e. The van der Waals surface area contributed by atoms with Crippen LogP contribution in [0.3, 0.4) is 0 Å². The maximum Gasteiger partial charge on any atom is 0.289 e.